The van der Waals surface area contributed by atoms with Gasteiger partial charge in [-0.05, 0) is 24.8 Å². The van der Waals surface area contributed by atoms with Gasteiger partial charge in [0.1, 0.15) is 0 Å². The van der Waals surface area contributed by atoms with Crippen LogP contribution in [-0.2, 0) is 0 Å². The number of nitrogens with zero attached hydrogens (tertiary/aromatic N) is 2. The Bertz CT molecular complexity index is 765. The number of imidazole rings is 1. The Balaban J connectivity index is 1.73. The van der Waals surface area contributed by atoms with Crippen LogP contribution in [0.25, 0.3) is 0 Å². The third kappa shape index (κ3) is 11.1. The summed E-state index contributed by atoms with van der Waals surface area (Å²) in [7, 11) is 0. The van der Waals surface area contributed by atoms with Crippen LogP contribution in [-0.4, -0.2) is 15.3 Å². The Morgan fingerprint density at radius 3 is 1.80 bits per heavy atom. The van der Waals surface area contributed by atoms with Crippen LogP contribution in [0.15, 0.2) is 43.0 Å². The fourth-order valence-electron chi connectivity index (χ4n) is 5.31. The molecule has 0 spiro atoms. The van der Waals surface area contributed by atoms with Crippen LogP contribution >= 0.6 is 0 Å². The number of Topliss-reactive ketones (excluding diaryl/α,β-unsaturated/α-hetero) is 1. The molecular weight excluding hydrogens is 428 g/mol. The minimum Gasteiger partial charge on any atom is -0.330 e. The quantitative estimate of drug-likeness (QED) is 0.132. The molecule has 0 fully saturated rings. The minimum absolute atomic E-state index is 0.175. The fraction of sp³-hybridized carbons (Fsp3) is 0.688. The molecule has 0 aliphatic heterocycles. The van der Waals surface area contributed by atoms with E-state index in [9.17, 15) is 4.79 Å². The van der Waals surface area contributed by atoms with E-state index >= 15 is 0 Å². The van der Waals surface area contributed by atoms with Crippen LogP contribution in [0, 0.1) is 5.92 Å². The zero-order valence-corrected chi connectivity index (χ0v) is 23.0. The monoisotopic (exact) mass is 480 g/mol. The van der Waals surface area contributed by atoms with Gasteiger partial charge in [-0.3, -0.25) is 4.79 Å². The summed E-state index contributed by atoms with van der Waals surface area (Å²) in [6.45, 7) is 6.70. The molecule has 0 aliphatic carbocycles. The van der Waals surface area contributed by atoms with Crippen molar-refractivity contribution in [3.8, 4) is 0 Å². The SMILES string of the molecule is CCCCCCCCCCCCCCC(CCC)C(=O)c1ccc(C(CCC)n2ccnc2)cc1. The maximum Gasteiger partial charge on any atom is 0.165 e. The van der Waals surface area contributed by atoms with Gasteiger partial charge in [-0.25, -0.2) is 4.98 Å². The largest absolute Gasteiger partial charge is 0.330 e. The van der Waals surface area contributed by atoms with Crippen LogP contribution < -0.4 is 0 Å². The first-order valence-corrected chi connectivity index (χ1v) is 14.8. The van der Waals surface area contributed by atoms with E-state index < -0.39 is 0 Å². The molecule has 0 aliphatic rings. The number of carbonyl (C=O) groups excluding carboxylic acids is 1. The van der Waals surface area contributed by atoms with E-state index in [2.05, 4.69) is 54.6 Å². The molecule has 0 N–H and O–H groups in total. The fourth-order valence-corrected chi connectivity index (χ4v) is 5.31. The molecule has 2 rings (SSSR count). The predicted molar refractivity (Wildman–Crippen MR) is 150 cm³/mol. The van der Waals surface area contributed by atoms with Crippen molar-refractivity contribution in [2.24, 2.45) is 5.92 Å². The van der Waals surface area contributed by atoms with E-state index in [-0.39, 0.29) is 5.92 Å². The highest BCUT2D eigenvalue weighted by Crippen LogP contribution is 2.26. The Morgan fingerprint density at radius 1 is 0.714 bits per heavy atom. The first-order chi connectivity index (χ1) is 17.2. The first-order valence-electron chi connectivity index (χ1n) is 14.8. The van der Waals surface area contributed by atoms with Crippen molar-refractivity contribution < 1.29 is 4.79 Å². The van der Waals surface area contributed by atoms with E-state index in [1.165, 1.54) is 82.6 Å². The molecule has 35 heavy (non-hydrogen) atoms. The molecule has 3 nitrogen and oxygen atoms in total. The van der Waals surface area contributed by atoms with E-state index in [1.54, 1.807) is 0 Å². The molecule has 0 bridgehead atoms. The van der Waals surface area contributed by atoms with Crippen molar-refractivity contribution in [3.63, 3.8) is 0 Å². The summed E-state index contributed by atoms with van der Waals surface area (Å²) >= 11 is 0. The molecule has 0 amide bonds. The van der Waals surface area contributed by atoms with Gasteiger partial charge in [0.15, 0.2) is 5.78 Å². The Kier molecular flexibility index (Phi) is 15.4. The Labute approximate surface area is 216 Å². The highest BCUT2D eigenvalue weighted by Gasteiger charge is 2.20. The van der Waals surface area contributed by atoms with Crippen molar-refractivity contribution >= 4 is 5.78 Å². The Morgan fingerprint density at radius 2 is 1.29 bits per heavy atom. The zero-order valence-electron chi connectivity index (χ0n) is 23.0. The van der Waals surface area contributed by atoms with E-state index in [0.717, 1.165) is 37.7 Å². The number of aromatic nitrogens is 2. The second-order valence-corrected chi connectivity index (χ2v) is 10.5. The molecule has 1 aromatic heterocycles. The molecular formula is C32H52N2O. The number of unbranched alkanes of at least 4 members (excludes halogenated alkanes) is 11. The number of hydrogen-bond donors (Lipinski definition) is 0. The number of rotatable bonds is 21. The van der Waals surface area contributed by atoms with Gasteiger partial charge in [0.2, 0.25) is 0 Å². The third-order valence-corrected chi connectivity index (χ3v) is 7.44. The third-order valence-electron chi connectivity index (χ3n) is 7.44. The number of benzene rings is 1. The predicted octanol–water partition coefficient (Wildman–Crippen LogP) is 9.96. The normalized spacial score (nSPS) is 13.1. The van der Waals surface area contributed by atoms with Gasteiger partial charge in [0, 0.05) is 23.9 Å². The number of ketones is 1. The minimum atomic E-state index is 0.175. The molecule has 0 saturated heterocycles. The molecule has 1 heterocycles. The van der Waals surface area contributed by atoms with Gasteiger partial charge in [-0.2, -0.15) is 0 Å². The lowest BCUT2D eigenvalue weighted by molar-refractivity contribution is 0.0903. The van der Waals surface area contributed by atoms with Gasteiger partial charge in [0.25, 0.3) is 0 Å². The smallest absolute Gasteiger partial charge is 0.165 e. The molecule has 3 heteroatoms. The second-order valence-electron chi connectivity index (χ2n) is 10.5. The Hall–Kier alpha value is -1.90. The number of carbonyl (C=O) groups is 1. The maximum absolute atomic E-state index is 13.3. The van der Waals surface area contributed by atoms with Crippen molar-refractivity contribution in [1.29, 1.82) is 0 Å². The van der Waals surface area contributed by atoms with Crippen molar-refractivity contribution in [2.75, 3.05) is 0 Å². The average molecular weight is 481 g/mol. The summed E-state index contributed by atoms with van der Waals surface area (Å²) in [6.07, 6.45) is 27.4. The van der Waals surface area contributed by atoms with Crippen molar-refractivity contribution in [2.45, 2.75) is 136 Å². The average Bonchev–Trinajstić information content (AvgIpc) is 3.42. The summed E-state index contributed by atoms with van der Waals surface area (Å²) in [6, 6.07) is 8.71. The maximum atomic E-state index is 13.3. The van der Waals surface area contributed by atoms with Gasteiger partial charge in [-0.1, -0.05) is 135 Å². The molecule has 0 radical (unpaired) electrons. The van der Waals surface area contributed by atoms with Gasteiger partial charge < -0.3 is 4.57 Å². The second kappa shape index (κ2) is 18.4. The lowest BCUT2D eigenvalue weighted by Crippen LogP contribution is -2.15. The molecule has 2 atom stereocenters. The van der Waals surface area contributed by atoms with Crippen molar-refractivity contribution in [1.82, 2.24) is 9.55 Å². The molecule has 2 aromatic rings. The first kappa shape index (κ1) is 29.3. The van der Waals surface area contributed by atoms with Gasteiger partial charge in [0.05, 0.1) is 12.4 Å². The summed E-state index contributed by atoms with van der Waals surface area (Å²) < 4.78 is 2.17. The molecule has 196 valence electrons. The van der Waals surface area contributed by atoms with Crippen LogP contribution in [0.4, 0.5) is 0 Å². The summed E-state index contributed by atoms with van der Waals surface area (Å²) in [5.41, 5.74) is 2.14. The topological polar surface area (TPSA) is 34.9 Å². The standard InChI is InChI=1S/C32H52N2O/c1-4-7-8-9-10-11-12-13-14-15-16-17-20-29(18-5-2)32(35)30-23-21-28(22-24-30)31(19-6-3)34-26-25-33-27-34/h21-27,29,31H,4-20H2,1-3H3. The lowest BCUT2D eigenvalue weighted by atomic mass is 9.88. The summed E-state index contributed by atoms with van der Waals surface area (Å²) in [5.74, 6) is 0.519. The summed E-state index contributed by atoms with van der Waals surface area (Å²) in [4.78, 5) is 17.5. The molecule has 1 aromatic carbocycles. The van der Waals surface area contributed by atoms with Gasteiger partial charge >= 0.3 is 0 Å². The lowest BCUT2D eigenvalue weighted by Gasteiger charge is -2.19. The zero-order chi connectivity index (χ0) is 25.1. The van der Waals surface area contributed by atoms with E-state index in [4.69, 9.17) is 0 Å². The van der Waals surface area contributed by atoms with Gasteiger partial charge in [-0.15, -0.1) is 0 Å². The van der Waals surface area contributed by atoms with E-state index in [1.807, 2.05) is 18.7 Å². The van der Waals surface area contributed by atoms with Crippen LogP contribution in [0.1, 0.15) is 152 Å². The highest BCUT2D eigenvalue weighted by molar-refractivity contribution is 5.97. The van der Waals surface area contributed by atoms with Crippen molar-refractivity contribution in [3.05, 3.63) is 54.1 Å². The van der Waals surface area contributed by atoms with Crippen LogP contribution in [0.3, 0.4) is 0 Å². The molecule has 2 unspecified atom stereocenters. The van der Waals surface area contributed by atoms with Crippen LogP contribution in [0.2, 0.25) is 0 Å². The van der Waals surface area contributed by atoms with E-state index in [0.29, 0.717) is 11.8 Å². The summed E-state index contributed by atoms with van der Waals surface area (Å²) in [5, 5.41) is 0. The number of hydrogen-bond acceptors (Lipinski definition) is 2. The highest BCUT2D eigenvalue weighted by atomic mass is 16.1. The molecule has 0 saturated carbocycles. The van der Waals surface area contributed by atoms with Crippen LogP contribution in [0.5, 0.6) is 0 Å².